The van der Waals surface area contributed by atoms with Crippen LogP contribution in [0, 0.1) is 12.0 Å². The van der Waals surface area contributed by atoms with E-state index >= 15 is 0 Å². The van der Waals surface area contributed by atoms with Crippen LogP contribution in [0.3, 0.4) is 0 Å². The zero-order chi connectivity index (χ0) is 28.3. The molecule has 1 atom stereocenters. The Balaban J connectivity index is 0.000000198. The number of rotatable bonds is 7. The zero-order valence-electron chi connectivity index (χ0n) is 22.7. The van der Waals surface area contributed by atoms with E-state index in [2.05, 4.69) is 110 Å². The van der Waals surface area contributed by atoms with Gasteiger partial charge in [-0.3, -0.25) is 0 Å². The van der Waals surface area contributed by atoms with Crippen molar-refractivity contribution in [3.05, 3.63) is 126 Å². The summed E-state index contributed by atoms with van der Waals surface area (Å²) in [5.41, 5.74) is 12.4. The summed E-state index contributed by atoms with van der Waals surface area (Å²) in [5.74, 6) is -0.393. The number of halogens is 2. The topological polar surface area (TPSA) is 40.9 Å². The Bertz CT molecular complexity index is 1140. The van der Waals surface area contributed by atoms with Crippen LogP contribution in [0.25, 0.3) is 16.9 Å². The summed E-state index contributed by atoms with van der Waals surface area (Å²) in [6.45, 7) is 4.06. The summed E-state index contributed by atoms with van der Waals surface area (Å²) in [6.07, 6.45) is 4.96. The zero-order valence-corrected chi connectivity index (χ0v) is 27.8. The number of nitrogens with one attached hydrogen (secondary N) is 1. The molecule has 0 aromatic heterocycles. The summed E-state index contributed by atoms with van der Waals surface area (Å²) in [7, 11) is 10.1. The molecule has 0 heterocycles. The third kappa shape index (κ3) is 12.4. The minimum Gasteiger partial charge on any atom is -0.179 e. The Morgan fingerprint density at radius 1 is 0.872 bits per heavy atom. The standard InChI is InChI=1S/C13H9.C12H11Si.C8H17NO.2ClH.Zr/c1-3-7-12-10(5-1)9-11-6-2-4-8-13(11)12;1-3-7-11(8-4-1)13-12-9-5-2-6-10-12;1-3-5-6-7(4-2)8(9)10;;;/h1-5,7-8H,9H2;1-10,13H;7H,3-6H2,1-2H3,(H2,9,10);2*1H;/q-1;;;;;+4/p-3. The largest absolute Gasteiger partial charge is 0.179 e. The van der Waals surface area contributed by atoms with Gasteiger partial charge in [-0.2, -0.15) is 29.8 Å². The van der Waals surface area contributed by atoms with E-state index in [9.17, 15) is 4.79 Å². The van der Waals surface area contributed by atoms with Gasteiger partial charge in [-0.05, 0) is 25.2 Å². The average Bonchev–Trinajstić information content (AvgIpc) is 3.34. The molecule has 0 saturated carbocycles. The molecule has 1 unspecified atom stereocenters. The molecule has 39 heavy (non-hydrogen) atoms. The van der Waals surface area contributed by atoms with Crippen molar-refractivity contribution in [3.8, 4) is 11.1 Å². The van der Waals surface area contributed by atoms with Crippen LogP contribution in [0.1, 0.15) is 50.7 Å². The van der Waals surface area contributed by atoms with Crippen molar-refractivity contribution in [1.82, 2.24) is 0 Å². The van der Waals surface area contributed by atoms with Gasteiger partial charge in [0.15, 0.2) is 0 Å². The Morgan fingerprint density at radius 2 is 1.41 bits per heavy atom. The fourth-order valence-electron chi connectivity index (χ4n) is 4.26. The van der Waals surface area contributed by atoms with E-state index in [4.69, 9.17) is 22.8 Å². The van der Waals surface area contributed by atoms with Crippen molar-refractivity contribution < 1.29 is 25.6 Å². The molecule has 1 radical (unpaired) electrons. The first-order valence-electron chi connectivity index (χ1n) is 13.3. The molecule has 1 aliphatic rings. The second-order valence-electron chi connectivity index (χ2n) is 9.05. The normalized spacial score (nSPS) is 11.0. The molecule has 1 aliphatic carbocycles. The summed E-state index contributed by atoms with van der Waals surface area (Å²) in [5, 5.41) is 2.90. The van der Waals surface area contributed by atoms with E-state index in [-0.39, 0.29) is 15.4 Å². The smallest absolute Gasteiger partial charge is 0.103 e. The molecule has 5 rings (SSSR count). The Morgan fingerprint density at radius 3 is 1.95 bits per heavy atom. The van der Waals surface area contributed by atoms with Gasteiger partial charge in [0, 0.05) is 0 Å². The maximum atomic E-state index is 10.5. The molecule has 4 aromatic rings. The molecular formula is C33H36Cl2NOSiZr. The van der Waals surface area contributed by atoms with Gasteiger partial charge in [-0.25, -0.2) is 0 Å². The van der Waals surface area contributed by atoms with Gasteiger partial charge in [0.2, 0.25) is 0 Å². The monoisotopic (exact) mass is 650 g/mol. The molecular weight excluding hydrogens is 617 g/mol. The molecule has 1 N–H and O–H groups in total. The number of hydrogen-bond acceptors (Lipinski definition) is 1. The first kappa shape index (κ1) is 33.2. The van der Waals surface area contributed by atoms with E-state index in [0.29, 0.717) is 0 Å². The number of hydrogen-bond donors (Lipinski definition) is 0. The second kappa shape index (κ2) is 20.0. The predicted molar refractivity (Wildman–Crippen MR) is 167 cm³/mol. The van der Waals surface area contributed by atoms with Crippen molar-refractivity contribution in [1.29, 1.82) is 0 Å². The predicted octanol–water partition coefficient (Wildman–Crippen LogP) is 8.29. The van der Waals surface area contributed by atoms with E-state index in [1.54, 1.807) is 0 Å². The van der Waals surface area contributed by atoms with E-state index < -0.39 is 26.8 Å². The van der Waals surface area contributed by atoms with Gasteiger partial charge in [0.05, 0.1) is 5.91 Å². The van der Waals surface area contributed by atoms with Gasteiger partial charge in [-0.15, -0.1) is 5.56 Å². The first-order valence-corrected chi connectivity index (χ1v) is 20.8. The average molecular weight is 653 g/mol. The SMILES string of the molecule is CCCCC(CC)C([NH-])=O.[Cl][Zr+2][Cl].[c-]1cccc2c1Cc1ccccc1-2.c1ccc([SiH]c2ccccc2)cc1. The number of amides is 1. The van der Waals surface area contributed by atoms with Crippen LogP contribution in [0.5, 0.6) is 0 Å². The molecule has 6 heteroatoms. The number of benzene rings is 4. The van der Waals surface area contributed by atoms with E-state index in [1.165, 1.54) is 32.6 Å². The quantitative estimate of drug-likeness (QED) is 0.129. The van der Waals surface area contributed by atoms with Crippen molar-refractivity contribution in [2.75, 3.05) is 0 Å². The Hall–Kier alpha value is -1.97. The molecule has 0 bridgehead atoms. The number of carbonyl (C=O) groups excluding carboxylic acids is 1. The molecule has 0 fully saturated rings. The van der Waals surface area contributed by atoms with Crippen LogP contribution < -0.4 is 10.4 Å². The van der Waals surface area contributed by atoms with Gasteiger partial charge >= 0.3 is 37.9 Å². The van der Waals surface area contributed by atoms with Crippen LogP contribution in [0.15, 0.2) is 103 Å². The third-order valence-electron chi connectivity index (χ3n) is 6.32. The summed E-state index contributed by atoms with van der Waals surface area (Å²) < 4.78 is 0. The maximum absolute atomic E-state index is 10.5. The van der Waals surface area contributed by atoms with Crippen LogP contribution in [-0.4, -0.2) is 15.4 Å². The van der Waals surface area contributed by atoms with Crippen molar-refractivity contribution >= 4 is 42.8 Å². The fourth-order valence-corrected chi connectivity index (χ4v) is 5.47. The van der Waals surface area contributed by atoms with E-state index in [0.717, 1.165) is 32.1 Å². The first-order chi connectivity index (χ1) is 19.0. The Labute approximate surface area is 255 Å². The van der Waals surface area contributed by atoms with Gasteiger partial charge in [-0.1, -0.05) is 133 Å². The van der Waals surface area contributed by atoms with Crippen molar-refractivity contribution in [3.63, 3.8) is 0 Å². The summed E-state index contributed by atoms with van der Waals surface area (Å²) in [4.78, 5) is 10.5. The molecule has 4 aromatic carbocycles. The van der Waals surface area contributed by atoms with Crippen LogP contribution in [0.4, 0.5) is 0 Å². The molecule has 0 aliphatic heterocycles. The van der Waals surface area contributed by atoms with Crippen LogP contribution >= 0.6 is 17.0 Å². The molecule has 0 saturated heterocycles. The summed E-state index contributed by atoms with van der Waals surface area (Å²) in [6, 6.07) is 39.4. The van der Waals surface area contributed by atoms with Crippen LogP contribution in [0.2, 0.25) is 0 Å². The fraction of sp³-hybridized carbons (Fsp3) is 0.242. The minimum atomic E-state index is -0.826. The number of carbonyl (C=O) groups is 1. The van der Waals surface area contributed by atoms with Crippen molar-refractivity contribution in [2.45, 2.75) is 46.0 Å². The molecule has 2 nitrogen and oxygen atoms in total. The van der Waals surface area contributed by atoms with E-state index in [1.807, 2.05) is 13.0 Å². The third-order valence-corrected chi connectivity index (χ3v) is 7.76. The maximum Gasteiger partial charge on any atom is 0.103 e. The van der Waals surface area contributed by atoms with Crippen molar-refractivity contribution in [2.24, 2.45) is 5.92 Å². The number of fused-ring (bicyclic) bond motifs is 3. The second-order valence-corrected chi connectivity index (χ2v) is 14.4. The van der Waals surface area contributed by atoms with Gasteiger partial charge in [0.25, 0.3) is 0 Å². The minimum absolute atomic E-state index is 0.0000463. The molecule has 201 valence electrons. The summed E-state index contributed by atoms with van der Waals surface area (Å²) >= 11 is -0.826. The number of unbranched alkanes of at least 4 members (excludes halogenated alkanes) is 1. The molecule has 1 amide bonds. The Kier molecular flexibility index (Phi) is 17.0. The van der Waals surface area contributed by atoms with Gasteiger partial charge < -0.3 is 10.5 Å². The van der Waals surface area contributed by atoms with Gasteiger partial charge in [0.1, 0.15) is 9.52 Å². The van der Waals surface area contributed by atoms with Crippen LogP contribution in [-0.2, 0) is 32.1 Å². The molecule has 0 spiro atoms.